The highest BCUT2D eigenvalue weighted by atomic mass is 16.6. The molecule has 1 rings (SSSR count). The largest absolute Gasteiger partial charge is 0.458 e. The van der Waals surface area contributed by atoms with E-state index in [4.69, 9.17) is 9.47 Å². The van der Waals surface area contributed by atoms with Crippen LogP contribution in [0.2, 0.25) is 0 Å². The molecule has 22 heavy (non-hydrogen) atoms. The number of esters is 1. The van der Waals surface area contributed by atoms with Gasteiger partial charge in [0.15, 0.2) is 5.54 Å². The highest BCUT2D eigenvalue weighted by Gasteiger charge is 2.51. The van der Waals surface area contributed by atoms with Gasteiger partial charge in [0.2, 0.25) is 0 Å². The molecule has 1 saturated heterocycles. The fraction of sp³-hybridized carbons (Fsp3) is 0.875. The summed E-state index contributed by atoms with van der Waals surface area (Å²) in [6, 6.07) is 0. The van der Waals surface area contributed by atoms with Crippen molar-refractivity contribution in [1.82, 2.24) is 4.90 Å². The summed E-state index contributed by atoms with van der Waals surface area (Å²) in [5.74, 6) is -0.576. The Morgan fingerprint density at radius 1 is 1.05 bits per heavy atom. The topological polar surface area (TPSA) is 76.1 Å². The number of aliphatic hydroxyl groups excluding tert-OH is 1. The number of hydrogen-bond donors (Lipinski definition) is 1. The number of amides is 1. The van der Waals surface area contributed by atoms with Gasteiger partial charge in [-0.15, -0.1) is 0 Å². The number of piperidine rings is 1. The Hall–Kier alpha value is -1.30. The number of nitrogens with zero attached hydrogens (tertiary/aromatic N) is 1. The summed E-state index contributed by atoms with van der Waals surface area (Å²) in [6.07, 6.45) is 1.30. The number of carbonyl (C=O) groups excluding carboxylic acids is 2. The van der Waals surface area contributed by atoms with Crippen molar-refractivity contribution in [1.29, 1.82) is 0 Å². The SMILES string of the molecule is CC(C)(C)OC(=O)N1CCCCC1(CO)C(=O)OC(C)(C)C. The van der Waals surface area contributed by atoms with Crippen LogP contribution in [0.5, 0.6) is 0 Å². The van der Waals surface area contributed by atoms with E-state index in [1.807, 2.05) is 0 Å². The third kappa shape index (κ3) is 4.60. The smallest absolute Gasteiger partial charge is 0.411 e. The van der Waals surface area contributed by atoms with Gasteiger partial charge in [-0.25, -0.2) is 9.59 Å². The van der Waals surface area contributed by atoms with Crippen LogP contribution < -0.4 is 0 Å². The summed E-state index contributed by atoms with van der Waals surface area (Å²) in [5, 5.41) is 9.88. The summed E-state index contributed by atoms with van der Waals surface area (Å²) >= 11 is 0. The molecule has 0 bridgehead atoms. The van der Waals surface area contributed by atoms with Gasteiger partial charge in [0.1, 0.15) is 11.2 Å². The lowest BCUT2D eigenvalue weighted by molar-refractivity contribution is -0.175. The van der Waals surface area contributed by atoms with Gasteiger partial charge in [-0.3, -0.25) is 4.90 Å². The van der Waals surface area contributed by atoms with E-state index in [0.29, 0.717) is 13.0 Å². The monoisotopic (exact) mass is 315 g/mol. The normalized spacial score (nSPS) is 23.1. The molecule has 1 heterocycles. The molecule has 1 aliphatic rings. The maximum Gasteiger partial charge on any atom is 0.411 e. The van der Waals surface area contributed by atoms with Crippen molar-refractivity contribution in [3.63, 3.8) is 0 Å². The molecule has 1 unspecified atom stereocenters. The summed E-state index contributed by atoms with van der Waals surface area (Å²) in [5.41, 5.74) is -2.70. The van der Waals surface area contributed by atoms with Crippen molar-refractivity contribution >= 4 is 12.1 Å². The zero-order valence-corrected chi connectivity index (χ0v) is 14.6. The average Bonchev–Trinajstić information content (AvgIpc) is 2.34. The van der Waals surface area contributed by atoms with Crippen LogP contribution in [0.1, 0.15) is 60.8 Å². The third-order valence-electron chi connectivity index (χ3n) is 3.39. The van der Waals surface area contributed by atoms with E-state index < -0.39 is 35.4 Å². The van der Waals surface area contributed by atoms with Crippen LogP contribution in [-0.2, 0) is 14.3 Å². The van der Waals surface area contributed by atoms with Crippen molar-refractivity contribution in [2.24, 2.45) is 0 Å². The summed E-state index contributed by atoms with van der Waals surface area (Å²) in [4.78, 5) is 26.4. The van der Waals surface area contributed by atoms with E-state index in [9.17, 15) is 14.7 Å². The molecule has 0 aliphatic carbocycles. The minimum atomic E-state index is -1.35. The first-order chi connectivity index (χ1) is 9.91. The van der Waals surface area contributed by atoms with E-state index in [1.54, 1.807) is 41.5 Å². The fourth-order valence-electron chi connectivity index (χ4n) is 2.43. The third-order valence-corrected chi connectivity index (χ3v) is 3.39. The standard InChI is InChI=1S/C16H29NO5/c1-14(2,3)21-12(19)16(11-18)9-7-8-10-17(16)13(20)22-15(4,5)6/h18H,7-11H2,1-6H3. The lowest BCUT2D eigenvalue weighted by Crippen LogP contribution is -2.63. The quantitative estimate of drug-likeness (QED) is 0.792. The van der Waals surface area contributed by atoms with Crippen LogP contribution in [0.15, 0.2) is 0 Å². The lowest BCUT2D eigenvalue weighted by atomic mass is 9.87. The minimum absolute atomic E-state index is 0.370. The number of aliphatic hydroxyl groups is 1. The molecule has 6 heteroatoms. The maximum absolute atomic E-state index is 12.6. The van der Waals surface area contributed by atoms with Gasteiger partial charge in [0.25, 0.3) is 0 Å². The Morgan fingerprint density at radius 2 is 1.59 bits per heavy atom. The molecule has 1 atom stereocenters. The van der Waals surface area contributed by atoms with E-state index >= 15 is 0 Å². The van der Waals surface area contributed by atoms with Gasteiger partial charge in [0.05, 0.1) is 6.61 Å². The minimum Gasteiger partial charge on any atom is -0.458 e. The molecule has 6 nitrogen and oxygen atoms in total. The molecule has 1 amide bonds. The second-order valence-electron chi connectivity index (χ2n) is 7.78. The van der Waals surface area contributed by atoms with Crippen LogP contribution in [0.4, 0.5) is 4.79 Å². The molecule has 0 saturated carbocycles. The first-order valence-corrected chi connectivity index (χ1v) is 7.76. The predicted molar refractivity (Wildman–Crippen MR) is 82.5 cm³/mol. The van der Waals surface area contributed by atoms with Gasteiger partial charge < -0.3 is 14.6 Å². The van der Waals surface area contributed by atoms with Gasteiger partial charge >= 0.3 is 12.1 Å². The summed E-state index contributed by atoms with van der Waals surface area (Å²) in [7, 11) is 0. The van der Waals surface area contributed by atoms with Crippen LogP contribution in [0.25, 0.3) is 0 Å². The summed E-state index contributed by atoms with van der Waals surface area (Å²) in [6.45, 7) is 10.5. The van der Waals surface area contributed by atoms with E-state index in [2.05, 4.69) is 0 Å². The Morgan fingerprint density at radius 3 is 2.05 bits per heavy atom. The molecule has 0 aromatic carbocycles. The molecule has 1 N–H and O–H groups in total. The Bertz CT molecular complexity index is 421. The Balaban J connectivity index is 3.06. The van der Waals surface area contributed by atoms with Crippen molar-refractivity contribution in [2.45, 2.75) is 77.5 Å². The molecule has 1 fully saturated rings. The summed E-state index contributed by atoms with van der Waals surface area (Å²) < 4.78 is 10.8. The van der Waals surface area contributed by atoms with Crippen molar-refractivity contribution in [3.05, 3.63) is 0 Å². The fourth-order valence-corrected chi connectivity index (χ4v) is 2.43. The van der Waals surface area contributed by atoms with Crippen LogP contribution in [-0.4, -0.2) is 52.0 Å². The zero-order valence-electron chi connectivity index (χ0n) is 14.6. The highest BCUT2D eigenvalue weighted by molar-refractivity contribution is 5.86. The van der Waals surface area contributed by atoms with Gasteiger partial charge in [0, 0.05) is 6.54 Å². The molecular weight excluding hydrogens is 286 g/mol. The van der Waals surface area contributed by atoms with Crippen molar-refractivity contribution < 1.29 is 24.2 Å². The van der Waals surface area contributed by atoms with Gasteiger partial charge in [-0.05, 0) is 60.8 Å². The molecule has 0 aromatic rings. The maximum atomic E-state index is 12.6. The highest BCUT2D eigenvalue weighted by Crippen LogP contribution is 2.32. The van der Waals surface area contributed by atoms with Crippen LogP contribution in [0.3, 0.4) is 0 Å². The lowest BCUT2D eigenvalue weighted by Gasteiger charge is -2.44. The molecule has 0 radical (unpaired) electrons. The van der Waals surface area contributed by atoms with Crippen LogP contribution >= 0.6 is 0 Å². The number of likely N-dealkylation sites (tertiary alicyclic amines) is 1. The molecular formula is C16H29NO5. The second-order valence-corrected chi connectivity index (χ2v) is 7.78. The van der Waals surface area contributed by atoms with Gasteiger partial charge in [-0.2, -0.15) is 0 Å². The molecule has 128 valence electrons. The number of rotatable bonds is 2. The van der Waals surface area contributed by atoms with Gasteiger partial charge in [-0.1, -0.05) is 0 Å². The molecule has 1 aliphatic heterocycles. The van der Waals surface area contributed by atoms with Crippen molar-refractivity contribution in [3.8, 4) is 0 Å². The first-order valence-electron chi connectivity index (χ1n) is 7.76. The van der Waals surface area contributed by atoms with Crippen molar-refractivity contribution in [2.75, 3.05) is 13.2 Å². The van der Waals surface area contributed by atoms with Crippen LogP contribution in [0, 0.1) is 0 Å². The second kappa shape index (κ2) is 6.44. The number of hydrogen-bond acceptors (Lipinski definition) is 5. The zero-order chi connectivity index (χ0) is 17.2. The Labute approximate surface area is 132 Å². The van der Waals surface area contributed by atoms with E-state index in [-0.39, 0.29) is 0 Å². The molecule has 0 spiro atoms. The number of carbonyl (C=O) groups is 2. The first kappa shape index (κ1) is 18.7. The Kier molecular flexibility index (Phi) is 5.49. The number of ether oxygens (including phenoxy) is 2. The average molecular weight is 315 g/mol. The molecule has 0 aromatic heterocycles. The van der Waals surface area contributed by atoms with E-state index in [0.717, 1.165) is 12.8 Å². The predicted octanol–water partition coefficient (Wildman–Crippen LogP) is 2.48. The van der Waals surface area contributed by atoms with E-state index in [1.165, 1.54) is 4.90 Å².